The molecule has 3 saturated heterocycles. The molecule has 36 heavy (non-hydrogen) atoms. The van der Waals surface area contributed by atoms with E-state index in [-0.39, 0.29) is 11.8 Å². The predicted octanol–water partition coefficient (Wildman–Crippen LogP) is 5.17. The molecule has 6 heteroatoms. The number of para-hydroxylation sites is 1. The Balaban J connectivity index is 1.19. The molecular formula is C30H32N2O4. The second-order valence-electron chi connectivity index (χ2n) is 11.0. The van der Waals surface area contributed by atoms with Gasteiger partial charge in [0.15, 0.2) is 0 Å². The molecule has 0 spiro atoms. The van der Waals surface area contributed by atoms with Gasteiger partial charge in [0, 0.05) is 59.9 Å². The summed E-state index contributed by atoms with van der Waals surface area (Å²) in [5.74, 6) is 2.48. The smallest absolute Gasteiger partial charge is 0.254 e. The first-order valence-corrected chi connectivity index (χ1v) is 13.3. The summed E-state index contributed by atoms with van der Waals surface area (Å²) in [6.07, 6.45) is 8.71. The van der Waals surface area contributed by atoms with Gasteiger partial charge < -0.3 is 19.2 Å². The Kier molecular flexibility index (Phi) is 5.40. The maximum atomic E-state index is 13.1. The summed E-state index contributed by atoms with van der Waals surface area (Å²) in [4.78, 5) is 17.6. The van der Waals surface area contributed by atoms with E-state index in [0.717, 1.165) is 18.0 Å². The summed E-state index contributed by atoms with van der Waals surface area (Å²) in [6, 6.07) is 17.7. The van der Waals surface area contributed by atoms with Crippen molar-refractivity contribution in [3.63, 3.8) is 0 Å². The fraction of sp³-hybridized carbons (Fsp3) is 0.433. The average Bonchev–Trinajstić information content (AvgIpc) is 3.62. The maximum Gasteiger partial charge on any atom is 0.254 e. The summed E-state index contributed by atoms with van der Waals surface area (Å²) >= 11 is 0. The molecule has 0 radical (unpaired) electrons. The van der Waals surface area contributed by atoms with Crippen molar-refractivity contribution >= 4 is 5.91 Å². The molecule has 4 aliphatic rings. The van der Waals surface area contributed by atoms with Crippen LogP contribution in [0.4, 0.5) is 0 Å². The second-order valence-corrected chi connectivity index (χ2v) is 11.0. The van der Waals surface area contributed by atoms with E-state index in [1.165, 1.54) is 42.4 Å². The number of ether oxygens (including phenoxy) is 1. The van der Waals surface area contributed by atoms with Gasteiger partial charge >= 0.3 is 0 Å². The number of carbonyl (C=O) groups excluding carboxylic acids is 1. The first-order valence-electron chi connectivity index (χ1n) is 13.3. The number of likely N-dealkylation sites (tertiary alicyclic amines) is 1. The molecule has 186 valence electrons. The number of amides is 1. The van der Waals surface area contributed by atoms with Crippen LogP contribution in [0.3, 0.4) is 0 Å². The van der Waals surface area contributed by atoms with E-state index in [4.69, 9.17) is 9.15 Å². The fourth-order valence-electron chi connectivity index (χ4n) is 7.19. The lowest BCUT2D eigenvalue weighted by Gasteiger charge is -2.43. The summed E-state index contributed by atoms with van der Waals surface area (Å²) in [5.41, 5.74) is 4.35. The van der Waals surface area contributed by atoms with Gasteiger partial charge in [0.25, 0.3) is 5.91 Å². The standard InChI is InChI=1S/C30H32N2O4/c33-24-9-11-31(17-24)30(34)20-5-8-26-28(15-20)36-27-4-2-1-3-25(27)29(26)21-13-22-6-7-23(14-21)32(22)16-19-10-12-35-18-19/h1-5,8,10,12,15,18,21-24,29,33H,6-7,9,11,13-14,16-17H2. The third-order valence-corrected chi connectivity index (χ3v) is 8.86. The molecule has 5 heterocycles. The second kappa shape index (κ2) is 8.79. The topological polar surface area (TPSA) is 66.2 Å². The quantitative estimate of drug-likeness (QED) is 0.554. The molecule has 4 aliphatic heterocycles. The number of aliphatic hydroxyl groups excluding tert-OH is 1. The molecule has 0 saturated carbocycles. The first kappa shape index (κ1) is 22.1. The first-order chi connectivity index (χ1) is 17.6. The van der Waals surface area contributed by atoms with Crippen LogP contribution in [0, 0.1) is 5.92 Å². The largest absolute Gasteiger partial charge is 0.472 e. The van der Waals surface area contributed by atoms with Crippen LogP contribution in [0.25, 0.3) is 0 Å². The Morgan fingerprint density at radius 1 is 0.972 bits per heavy atom. The molecule has 7 rings (SSSR count). The van der Waals surface area contributed by atoms with Crippen molar-refractivity contribution in [2.24, 2.45) is 5.92 Å². The highest BCUT2D eigenvalue weighted by Gasteiger charge is 2.45. The number of piperidine rings is 1. The zero-order valence-corrected chi connectivity index (χ0v) is 20.4. The Bertz CT molecular complexity index is 1260. The number of fused-ring (bicyclic) bond motifs is 4. The lowest BCUT2D eigenvalue weighted by Crippen LogP contribution is -2.43. The fourth-order valence-corrected chi connectivity index (χ4v) is 7.19. The molecule has 4 atom stereocenters. The monoisotopic (exact) mass is 484 g/mol. The maximum absolute atomic E-state index is 13.1. The van der Waals surface area contributed by atoms with Crippen molar-refractivity contribution in [2.45, 2.75) is 62.8 Å². The van der Waals surface area contributed by atoms with Crippen molar-refractivity contribution < 1.29 is 19.1 Å². The van der Waals surface area contributed by atoms with Gasteiger partial charge in [-0.1, -0.05) is 24.3 Å². The number of carbonyl (C=O) groups is 1. The summed E-state index contributed by atoms with van der Waals surface area (Å²) in [6.45, 7) is 1.97. The molecule has 1 amide bonds. The number of hydrogen-bond donors (Lipinski definition) is 1. The van der Waals surface area contributed by atoms with E-state index in [1.807, 2.05) is 24.5 Å². The van der Waals surface area contributed by atoms with Crippen molar-refractivity contribution in [1.82, 2.24) is 9.80 Å². The van der Waals surface area contributed by atoms with Crippen LogP contribution in [0.1, 0.15) is 65.1 Å². The number of β-amino-alcohol motifs (C(OH)–C–C–N with tert-alkyl or cyclic N) is 1. The minimum Gasteiger partial charge on any atom is -0.472 e. The van der Waals surface area contributed by atoms with Crippen LogP contribution in [0.15, 0.2) is 65.5 Å². The molecule has 3 aromatic rings. The van der Waals surface area contributed by atoms with E-state index in [9.17, 15) is 9.90 Å². The number of nitrogens with zero attached hydrogens (tertiary/aromatic N) is 2. The normalized spacial score (nSPS) is 29.0. The zero-order chi connectivity index (χ0) is 24.2. The highest BCUT2D eigenvalue weighted by Crippen LogP contribution is 2.53. The zero-order valence-electron chi connectivity index (χ0n) is 20.4. The van der Waals surface area contributed by atoms with E-state index < -0.39 is 6.10 Å². The van der Waals surface area contributed by atoms with Gasteiger partial charge in [-0.05, 0) is 62.3 Å². The van der Waals surface area contributed by atoms with Crippen LogP contribution in [-0.4, -0.2) is 52.1 Å². The Morgan fingerprint density at radius 3 is 2.53 bits per heavy atom. The van der Waals surface area contributed by atoms with Gasteiger partial charge in [0.05, 0.1) is 18.6 Å². The van der Waals surface area contributed by atoms with Gasteiger partial charge in [-0.2, -0.15) is 0 Å². The van der Waals surface area contributed by atoms with Crippen LogP contribution in [-0.2, 0) is 6.54 Å². The van der Waals surface area contributed by atoms with Gasteiger partial charge in [0.2, 0.25) is 0 Å². The van der Waals surface area contributed by atoms with Crippen LogP contribution in [0.2, 0.25) is 0 Å². The highest BCUT2D eigenvalue weighted by atomic mass is 16.5. The van der Waals surface area contributed by atoms with Crippen molar-refractivity contribution in [3.05, 3.63) is 83.3 Å². The SMILES string of the molecule is O=C(c1ccc2c(c1)Oc1ccccc1C2C1CC2CCC(C1)N2Cc1ccoc1)N1CCC(O)C1. The Hall–Kier alpha value is -3.09. The molecule has 4 unspecified atom stereocenters. The average molecular weight is 485 g/mol. The van der Waals surface area contributed by atoms with Crippen LogP contribution < -0.4 is 4.74 Å². The summed E-state index contributed by atoms with van der Waals surface area (Å²) < 4.78 is 11.7. The van der Waals surface area contributed by atoms with Gasteiger partial charge in [-0.15, -0.1) is 0 Å². The molecule has 6 nitrogen and oxygen atoms in total. The molecular weight excluding hydrogens is 452 g/mol. The van der Waals surface area contributed by atoms with E-state index >= 15 is 0 Å². The van der Waals surface area contributed by atoms with Crippen molar-refractivity contribution in [2.75, 3.05) is 13.1 Å². The van der Waals surface area contributed by atoms with Gasteiger partial charge in [-0.3, -0.25) is 9.69 Å². The molecule has 0 aliphatic carbocycles. The number of rotatable bonds is 4. The Labute approximate surface area is 211 Å². The number of furan rings is 1. The van der Waals surface area contributed by atoms with Crippen molar-refractivity contribution in [3.8, 4) is 11.5 Å². The number of aliphatic hydroxyl groups is 1. The van der Waals surface area contributed by atoms with Crippen LogP contribution in [0.5, 0.6) is 11.5 Å². The third kappa shape index (κ3) is 3.75. The van der Waals surface area contributed by atoms with Gasteiger partial charge in [-0.25, -0.2) is 0 Å². The van der Waals surface area contributed by atoms with E-state index in [0.29, 0.717) is 43.1 Å². The minimum atomic E-state index is -0.422. The summed E-state index contributed by atoms with van der Waals surface area (Å²) in [7, 11) is 0. The lowest BCUT2D eigenvalue weighted by molar-refractivity contribution is 0.0764. The Morgan fingerprint density at radius 2 is 1.78 bits per heavy atom. The molecule has 1 aromatic heterocycles. The molecule has 2 aromatic carbocycles. The number of benzene rings is 2. The van der Waals surface area contributed by atoms with E-state index in [2.05, 4.69) is 35.2 Å². The summed E-state index contributed by atoms with van der Waals surface area (Å²) in [5, 5.41) is 9.89. The lowest BCUT2D eigenvalue weighted by atomic mass is 9.72. The van der Waals surface area contributed by atoms with Gasteiger partial charge in [0.1, 0.15) is 11.5 Å². The minimum absolute atomic E-state index is 0.0287. The highest BCUT2D eigenvalue weighted by molar-refractivity contribution is 5.95. The van der Waals surface area contributed by atoms with Crippen LogP contribution >= 0.6 is 0 Å². The molecule has 3 fully saturated rings. The number of hydrogen-bond acceptors (Lipinski definition) is 5. The molecule has 2 bridgehead atoms. The molecule has 1 N–H and O–H groups in total. The van der Waals surface area contributed by atoms with E-state index in [1.54, 1.807) is 11.2 Å². The third-order valence-electron chi connectivity index (χ3n) is 8.86. The van der Waals surface area contributed by atoms with Crippen molar-refractivity contribution in [1.29, 1.82) is 0 Å². The predicted molar refractivity (Wildman–Crippen MR) is 135 cm³/mol.